The SMILES string of the molecule is NCCCC[C@H](NN(C(=O)OCc1ccccc1)[C@@H](CCCCN)C(=O)O)C(=O)O. The average Bonchev–Trinajstić information content (AvgIpc) is 2.73. The number of carboxylic acids is 2. The van der Waals surface area contributed by atoms with Crippen LogP contribution < -0.4 is 16.9 Å². The second-order valence-corrected chi connectivity index (χ2v) is 6.85. The van der Waals surface area contributed by atoms with Gasteiger partial charge in [0, 0.05) is 0 Å². The van der Waals surface area contributed by atoms with E-state index in [1.807, 2.05) is 6.07 Å². The van der Waals surface area contributed by atoms with Crippen LogP contribution >= 0.6 is 0 Å². The number of hydrogen-bond donors (Lipinski definition) is 5. The van der Waals surface area contributed by atoms with Crippen molar-refractivity contribution < 1.29 is 29.3 Å². The second kappa shape index (κ2) is 14.3. The molecule has 0 fully saturated rings. The van der Waals surface area contributed by atoms with E-state index in [0.29, 0.717) is 38.8 Å². The molecule has 0 unspecified atom stereocenters. The first-order valence-electron chi connectivity index (χ1n) is 10.0. The zero-order valence-corrected chi connectivity index (χ0v) is 17.0. The van der Waals surface area contributed by atoms with Crippen LogP contribution in [0.5, 0.6) is 0 Å². The Morgan fingerprint density at radius 1 is 0.933 bits per heavy atom. The van der Waals surface area contributed by atoms with Gasteiger partial charge in [0.1, 0.15) is 18.7 Å². The van der Waals surface area contributed by atoms with E-state index in [9.17, 15) is 24.6 Å². The van der Waals surface area contributed by atoms with Crippen molar-refractivity contribution in [1.82, 2.24) is 10.4 Å². The molecule has 30 heavy (non-hydrogen) atoms. The van der Waals surface area contributed by atoms with Crippen molar-refractivity contribution in [3.8, 4) is 0 Å². The van der Waals surface area contributed by atoms with Gasteiger partial charge < -0.3 is 26.4 Å². The highest BCUT2D eigenvalue weighted by atomic mass is 16.6. The minimum Gasteiger partial charge on any atom is -0.480 e. The Labute approximate surface area is 176 Å². The molecule has 0 heterocycles. The highest BCUT2D eigenvalue weighted by Crippen LogP contribution is 2.13. The summed E-state index contributed by atoms with van der Waals surface area (Å²) in [5.74, 6) is -2.46. The lowest BCUT2D eigenvalue weighted by Gasteiger charge is -2.31. The van der Waals surface area contributed by atoms with Crippen LogP contribution in [-0.2, 0) is 20.9 Å². The number of amides is 1. The molecule has 0 aliphatic carbocycles. The minimum atomic E-state index is -1.30. The largest absolute Gasteiger partial charge is 0.480 e. The predicted octanol–water partition coefficient (Wildman–Crippen LogP) is 1.29. The van der Waals surface area contributed by atoms with E-state index < -0.39 is 30.1 Å². The summed E-state index contributed by atoms with van der Waals surface area (Å²) < 4.78 is 5.26. The highest BCUT2D eigenvalue weighted by Gasteiger charge is 2.34. The summed E-state index contributed by atoms with van der Waals surface area (Å²) in [7, 11) is 0. The summed E-state index contributed by atoms with van der Waals surface area (Å²) in [6.45, 7) is 0.721. The van der Waals surface area contributed by atoms with Crippen molar-refractivity contribution in [2.45, 2.75) is 57.2 Å². The Bertz CT molecular complexity index is 658. The van der Waals surface area contributed by atoms with E-state index in [1.165, 1.54) is 0 Å². The number of benzene rings is 1. The van der Waals surface area contributed by atoms with Crippen LogP contribution in [-0.4, -0.2) is 58.4 Å². The molecule has 0 aliphatic rings. The summed E-state index contributed by atoms with van der Waals surface area (Å²) in [6.07, 6.45) is 1.50. The number of aliphatic carboxylic acids is 2. The Hall–Kier alpha value is -2.69. The van der Waals surface area contributed by atoms with Gasteiger partial charge in [-0.1, -0.05) is 30.3 Å². The number of nitrogens with one attached hydrogen (secondary N) is 1. The topological polar surface area (TPSA) is 168 Å². The third kappa shape index (κ3) is 9.21. The van der Waals surface area contributed by atoms with E-state index in [4.69, 9.17) is 16.2 Å². The zero-order valence-electron chi connectivity index (χ0n) is 17.0. The van der Waals surface area contributed by atoms with Crippen molar-refractivity contribution in [1.29, 1.82) is 0 Å². The third-order valence-corrected chi connectivity index (χ3v) is 4.47. The maximum absolute atomic E-state index is 12.7. The lowest BCUT2D eigenvalue weighted by molar-refractivity contribution is -0.148. The first-order valence-corrected chi connectivity index (χ1v) is 10.0. The molecule has 1 aromatic carbocycles. The Morgan fingerprint density at radius 2 is 1.53 bits per heavy atom. The smallest absolute Gasteiger partial charge is 0.425 e. The first kappa shape index (κ1) is 25.3. The van der Waals surface area contributed by atoms with Gasteiger partial charge in [-0.3, -0.25) is 4.79 Å². The standard InChI is InChI=1S/C20H32N4O6/c21-12-6-4-10-16(18(25)26)23-24(17(19(27)28)11-5-7-13-22)20(29)30-14-15-8-2-1-3-9-15/h1-3,8-9,16-17,23H,4-7,10-14,21-22H2,(H,25,26)(H,27,28)/t16-,17-/m0/s1. The Morgan fingerprint density at radius 3 is 2.07 bits per heavy atom. The van der Waals surface area contributed by atoms with Gasteiger partial charge in [-0.05, 0) is 57.2 Å². The number of hydrazine groups is 1. The molecular formula is C20H32N4O6. The lowest BCUT2D eigenvalue weighted by atomic mass is 10.1. The van der Waals surface area contributed by atoms with Gasteiger partial charge in [-0.2, -0.15) is 0 Å². The maximum atomic E-state index is 12.7. The van der Waals surface area contributed by atoms with Gasteiger partial charge in [-0.25, -0.2) is 20.0 Å². The van der Waals surface area contributed by atoms with Gasteiger partial charge in [0.15, 0.2) is 0 Å². The molecule has 0 radical (unpaired) electrons. The molecule has 2 atom stereocenters. The van der Waals surface area contributed by atoms with Crippen molar-refractivity contribution in [3.63, 3.8) is 0 Å². The molecule has 10 heteroatoms. The van der Waals surface area contributed by atoms with Crippen LogP contribution in [0.1, 0.15) is 44.1 Å². The van der Waals surface area contributed by atoms with Crippen molar-refractivity contribution >= 4 is 18.0 Å². The number of unbranched alkanes of at least 4 members (excludes halogenated alkanes) is 2. The van der Waals surface area contributed by atoms with E-state index in [1.54, 1.807) is 24.3 Å². The molecule has 1 rings (SSSR count). The number of hydrogen-bond acceptors (Lipinski definition) is 7. The normalized spacial score (nSPS) is 12.7. The van der Waals surface area contributed by atoms with Crippen LogP contribution in [0.25, 0.3) is 0 Å². The Balaban J connectivity index is 2.97. The Kier molecular flexibility index (Phi) is 12.1. The van der Waals surface area contributed by atoms with Crippen molar-refractivity contribution in [2.75, 3.05) is 13.1 Å². The molecule has 7 N–H and O–H groups in total. The van der Waals surface area contributed by atoms with Gasteiger partial charge in [0.05, 0.1) is 0 Å². The molecule has 0 aromatic heterocycles. The van der Waals surface area contributed by atoms with Crippen molar-refractivity contribution in [2.24, 2.45) is 11.5 Å². The number of carboxylic acid groups (broad SMARTS) is 2. The lowest BCUT2D eigenvalue weighted by Crippen LogP contribution is -2.58. The maximum Gasteiger partial charge on any atom is 0.425 e. The number of carbonyl (C=O) groups is 3. The van der Waals surface area contributed by atoms with Crippen molar-refractivity contribution in [3.05, 3.63) is 35.9 Å². The highest BCUT2D eigenvalue weighted by molar-refractivity contribution is 5.80. The van der Waals surface area contributed by atoms with Gasteiger partial charge in [0.2, 0.25) is 0 Å². The molecule has 1 aromatic rings. The fraction of sp³-hybridized carbons (Fsp3) is 0.550. The molecule has 0 saturated heterocycles. The molecule has 0 bridgehead atoms. The molecule has 1 amide bonds. The average molecular weight is 424 g/mol. The van der Waals surface area contributed by atoms with E-state index >= 15 is 0 Å². The number of rotatable bonds is 15. The van der Waals surface area contributed by atoms with Crippen LogP contribution in [0.2, 0.25) is 0 Å². The van der Waals surface area contributed by atoms with Crippen LogP contribution in [0.4, 0.5) is 4.79 Å². The fourth-order valence-corrected chi connectivity index (χ4v) is 2.81. The zero-order chi connectivity index (χ0) is 22.4. The van der Waals surface area contributed by atoms with Crippen LogP contribution in [0.3, 0.4) is 0 Å². The summed E-state index contributed by atoms with van der Waals surface area (Å²) in [5, 5.41) is 19.9. The predicted molar refractivity (Wildman–Crippen MR) is 110 cm³/mol. The molecular weight excluding hydrogens is 392 g/mol. The molecule has 168 valence electrons. The quantitative estimate of drug-likeness (QED) is 0.206. The van der Waals surface area contributed by atoms with E-state index in [0.717, 1.165) is 10.6 Å². The van der Waals surface area contributed by atoms with Gasteiger partial charge in [0.25, 0.3) is 0 Å². The number of nitrogens with zero attached hydrogens (tertiary/aromatic N) is 1. The van der Waals surface area contributed by atoms with Crippen LogP contribution in [0, 0.1) is 0 Å². The molecule has 10 nitrogen and oxygen atoms in total. The number of ether oxygens (including phenoxy) is 1. The van der Waals surface area contributed by atoms with Crippen LogP contribution in [0.15, 0.2) is 30.3 Å². The monoisotopic (exact) mass is 424 g/mol. The summed E-state index contributed by atoms with van der Waals surface area (Å²) in [5.41, 5.74) is 14.2. The fourth-order valence-electron chi connectivity index (χ4n) is 2.81. The molecule has 0 aliphatic heterocycles. The van der Waals surface area contributed by atoms with E-state index in [-0.39, 0.29) is 19.4 Å². The molecule has 0 spiro atoms. The third-order valence-electron chi connectivity index (χ3n) is 4.47. The summed E-state index contributed by atoms with van der Waals surface area (Å²) in [6, 6.07) is 6.44. The summed E-state index contributed by atoms with van der Waals surface area (Å²) >= 11 is 0. The first-order chi connectivity index (χ1) is 14.4. The minimum absolute atomic E-state index is 0.0715. The number of carbonyl (C=O) groups excluding carboxylic acids is 1. The van der Waals surface area contributed by atoms with Gasteiger partial charge in [-0.15, -0.1) is 0 Å². The summed E-state index contributed by atoms with van der Waals surface area (Å²) in [4.78, 5) is 36.2. The van der Waals surface area contributed by atoms with Gasteiger partial charge >= 0.3 is 18.0 Å². The van der Waals surface area contributed by atoms with E-state index in [2.05, 4.69) is 5.43 Å². The molecule has 0 saturated carbocycles. The number of nitrogens with two attached hydrogens (primary N) is 2. The second-order valence-electron chi connectivity index (χ2n) is 6.85.